The first-order chi connectivity index (χ1) is 17.3. The zero-order chi connectivity index (χ0) is 25.4. The largest absolute Gasteiger partial charge is 0.369 e. The number of amides is 1. The van der Waals surface area contributed by atoms with Crippen molar-refractivity contribution in [2.24, 2.45) is 12.8 Å². The number of nitrogens with one attached hydrogen (secondary N) is 1. The normalized spacial score (nSPS) is 14.1. The van der Waals surface area contributed by atoms with Crippen LogP contribution in [0.2, 0.25) is 5.02 Å². The monoisotopic (exact) mass is 502 g/mol. The molecule has 0 bridgehead atoms. The van der Waals surface area contributed by atoms with Gasteiger partial charge in [0, 0.05) is 56.4 Å². The quantitative estimate of drug-likeness (QED) is 0.414. The van der Waals surface area contributed by atoms with E-state index in [0.29, 0.717) is 10.7 Å². The Morgan fingerprint density at radius 2 is 1.69 bits per heavy atom. The number of nitrogens with two attached hydrogens (primary N) is 1. The van der Waals surface area contributed by atoms with Gasteiger partial charge >= 0.3 is 0 Å². The highest BCUT2D eigenvalue weighted by molar-refractivity contribution is 6.37. The molecule has 5 rings (SSSR count). The number of hydrogen-bond donors (Lipinski definition) is 2. The molecule has 7 nitrogen and oxygen atoms in total. The Morgan fingerprint density at radius 1 is 1.06 bits per heavy atom. The van der Waals surface area contributed by atoms with Gasteiger partial charge in [-0.15, -0.1) is 0 Å². The molecule has 2 aromatic heterocycles. The van der Waals surface area contributed by atoms with E-state index in [4.69, 9.17) is 17.3 Å². The van der Waals surface area contributed by atoms with Crippen LogP contribution in [0.1, 0.15) is 16.1 Å². The first-order valence-corrected chi connectivity index (χ1v) is 12.5. The number of anilines is 1. The van der Waals surface area contributed by atoms with Crippen LogP contribution in [-0.4, -0.2) is 60.6 Å². The summed E-state index contributed by atoms with van der Waals surface area (Å²) in [5.41, 5.74) is 12.9. The van der Waals surface area contributed by atoms with Gasteiger partial charge in [-0.3, -0.25) is 4.79 Å². The molecule has 36 heavy (non-hydrogen) atoms. The van der Waals surface area contributed by atoms with Gasteiger partial charge in [0.1, 0.15) is 11.3 Å². The van der Waals surface area contributed by atoms with Crippen molar-refractivity contribution >= 4 is 34.2 Å². The average Bonchev–Trinajstić information content (AvgIpc) is 3.17. The Morgan fingerprint density at radius 3 is 2.31 bits per heavy atom. The molecule has 0 saturated carbocycles. The topological polar surface area (TPSA) is 79.4 Å². The third-order valence-electron chi connectivity index (χ3n) is 6.71. The minimum absolute atomic E-state index is 0.154. The van der Waals surface area contributed by atoms with Crippen molar-refractivity contribution in [1.29, 1.82) is 0 Å². The number of piperazine rings is 1. The number of carbonyl (C=O) groups excluding carboxylic acids is 1. The van der Waals surface area contributed by atoms with Crippen LogP contribution in [0.4, 0.5) is 5.69 Å². The second-order valence-corrected chi connectivity index (χ2v) is 9.96. The summed E-state index contributed by atoms with van der Waals surface area (Å²) >= 11 is 6.78. The highest BCUT2D eigenvalue weighted by Gasteiger charge is 2.23. The molecule has 0 atom stereocenters. The summed E-state index contributed by atoms with van der Waals surface area (Å²) < 4.78 is 2.01. The number of nitrogens with zero attached hydrogens (tertiary/aromatic N) is 4. The van der Waals surface area contributed by atoms with Crippen LogP contribution in [-0.2, 0) is 13.6 Å². The van der Waals surface area contributed by atoms with Gasteiger partial charge in [0.2, 0.25) is 0 Å². The van der Waals surface area contributed by atoms with Crippen molar-refractivity contribution in [3.05, 3.63) is 70.9 Å². The van der Waals surface area contributed by atoms with Crippen LogP contribution in [0.15, 0.2) is 54.6 Å². The highest BCUT2D eigenvalue weighted by atomic mass is 35.5. The van der Waals surface area contributed by atoms with E-state index in [0.717, 1.165) is 60.5 Å². The number of hydrogen-bond acceptors (Lipinski definition) is 5. The van der Waals surface area contributed by atoms with Crippen molar-refractivity contribution < 1.29 is 4.79 Å². The van der Waals surface area contributed by atoms with Gasteiger partial charge in [-0.2, -0.15) is 0 Å². The fraction of sp³-hybridized carbons (Fsp3) is 0.286. The predicted molar refractivity (Wildman–Crippen MR) is 148 cm³/mol. The van der Waals surface area contributed by atoms with Gasteiger partial charge in [0.25, 0.3) is 5.91 Å². The van der Waals surface area contributed by atoms with E-state index in [1.807, 2.05) is 11.6 Å². The summed E-state index contributed by atoms with van der Waals surface area (Å²) in [4.78, 5) is 21.1. The molecule has 3 N–H and O–H groups in total. The standard InChI is InChI=1S/C28H31ClN6O/c1-33(2)17-18-4-6-19(7-5-18)24-25-22(29)16-23(27(30)36)32-28(25)34(3)26(24)20-8-10-21(11-9-20)35-14-12-31-13-15-35/h4-11,16,31H,12-15,17H2,1-3H3,(H2,30,36). The van der Waals surface area contributed by atoms with E-state index in [1.165, 1.54) is 11.3 Å². The van der Waals surface area contributed by atoms with Gasteiger partial charge in [0.05, 0.1) is 10.7 Å². The fourth-order valence-electron chi connectivity index (χ4n) is 5.01. The van der Waals surface area contributed by atoms with Crippen LogP contribution in [0.25, 0.3) is 33.4 Å². The number of benzene rings is 2. The van der Waals surface area contributed by atoms with Gasteiger partial charge < -0.3 is 25.4 Å². The molecule has 0 unspecified atom stereocenters. The minimum Gasteiger partial charge on any atom is -0.369 e. The summed E-state index contributed by atoms with van der Waals surface area (Å²) in [6.07, 6.45) is 0. The van der Waals surface area contributed by atoms with E-state index in [9.17, 15) is 4.79 Å². The lowest BCUT2D eigenvalue weighted by molar-refractivity contribution is 0.0996. The molecule has 1 aliphatic rings. The summed E-state index contributed by atoms with van der Waals surface area (Å²) in [6, 6.07) is 18.8. The molecule has 3 heterocycles. The van der Waals surface area contributed by atoms with Gasteiger partial charge in [0.15, 0.2) is 0 Å². The van der Waals surface area contributed by atoms with Crippen molar-refractivity contribution in [3.8, 4) is 22.4 Å². The van der Waals surface area contributed by atoms with Gasteiger partial charge in [-0.25, -0.2) is 4.98 Å². The van der Waals surface area contributed by atoms with Crippen molar-refractivity contribution in [2.75, 3.05) is 45.2 Å². The summed E-state index contributed by atoms with van der Waals surface area (Å²) in [7, 11) is 6.07. The van der Waals surface area contributed by atoms with E-state index in [-0.39, 0.29) is 5.69 Å². The number of rotatable bonds is 6. The first kappa shape index (κ1) is 24.3. The Bertz CT molecular complexity index is 1400. The summed E-state index contributed by atoms with van der Waals surface area (Å²) in [6.45, 7) is 4.83. The smallest absolute Gasteiger partial charge is 0.267 e. The zero-order valence-corrected chi connectivity index (χ0v) is 21.6. The maximum atomic E-state index is 11.9. The Balaban J connectivity index is 1.68. The third kappa shape index (κ3) is 4.57. The molecule has 1 saturated heterocycles. The molecule has 186 valence electrons. The van der Waals surface area contributed by atoms with E-state index in [2.05, 4.69) is 82.7 Å². The SMILES string of the molecule is CN(C)Cc1ccc(-c2c(-c3ccc(N4CCNCC4)cc3)n(C)c3nc(C(N)=O)cc(Cl)c23)cc1. The molecule has 1 fully saturated rings. The van der Waals surface area contributed by atoms with Crippen LogP contribution >= 0.6 is 11.6 Å². The maximum Gasteiger partial charge on any atom is 0.267 e. The second-order valence-electron chi connectivity index (χ2n) is 9.55. The fourth-order valence-corrected chi connectivity index (χ4v) is 5.29. The Hall–Kier alpha value is -3.39. The van der Waals surface area contributed by atoms with Gasteiger partial charge in [-0.1, -0.05) is 48.0 Å². The van der Waals surface area contributed by atoms with Crippen molar-refractivity contribution in [1.82, 2.24) is 19.8 Å². The Labute approximate surface area is 216 Å². The molecule has 1 amide bonds. The number of primary amides is 1. The number of pyridine rings is 1. The number of halogens is 1. The number of carbonyl (C=O) groups is 1. The Kier molecular flexibility index (Phi) is 6.71. The molecular formula is C28H31ClN6O. The molecular weight excluding hydrogens is 472 g/mol. The van der Waals surface area contributed by atoms with Crippen LogP contribution in [0, 0.1) is 0 Å². The molecule has 4 aromatic rings. The molecule has 0 aliphatic carbocycles. The van der Waals surface area contributed by atoms with E-state index in [1.54, 1.807) is 6.07 Å². The van der Waals surface area contributed by atoms with E-state index < -0.39 is 5.91 Å². The number of aryl methyl sites for hydroxylation is 1. The maximum absolute atomic E-state index is 11.9. The lowest BCUT2D eigenvalue weighted by Gasteiger charge is -2.29. The number of aromatic nitrogens is 2. The van der Waals surface area contributed by atoms with E-state index >= 15 is 0 Å². The summed E-state index contributed by atoms with van der Waals surface area (Å²) in [5.74, 6) is -0.600. The molecule has 2 aromatic carbocycles. The first-order valence-electron chi connectivity index (χ1n) is 12.1. The third-order valence-corrected chi connectivity index (χ3v) is 7.01. The van der Waals surface area contributed by atoms with Crippen molar-refractivity contribution in [2.45, 2.75) is 6.54 Å². The second kappa shape index (κ2) is 9.93. The lowest BCUT2D eigenvalue weighted by atomic mass is 9.97. The number of fused-ring (bicyclic) bond motifs is 1. The molecule has 8 heteroatoms. The summed E-state index contributed by atoms with van der Waals surface area (Å²) in [5, 5.41) is 4.67. The molecule has 0 radical (unpaired) electrons. The highest BCUT2D eigenvalue weighted by Crippen LogP contribution is 2.43. The minimum atomic E-state index is -0.600. The van der Waals surface area contributed by atoms with Crippen LogP contribution in [0.3, 0.4) is 0 Å². The lowest BCUT2D eigenvalue weighted by Crippen LogP contribution is -2.43. The molecule has 1 aliphatic heterocycles. The molecule has 0 spiro atoms. The predicted octanol–water partition coefficient (Wildman–Crippen LogP) is 4.13. The van der Waals surface area contributed by atoms with Crippen LogP contribution in [0.5, 0.6) is 0 Å². The van der Waals surface area contributed by atoms with Crippen molar-refractivity contribution in [3.63, 3.8) is 0 Å². The van der Waals surface area contributed by atoms with Crippen LogP contribution < -0.4 is 16.0 Å². The average molecular weight is 503 g/mol. The zero-order valence-electron chi connectivity index (χ0n) is 20.9. The van der Waals surface area contributed by atoms with Gasteiger partial charge in [-0.05, 0) is 49.0 Å².